The summed E-state index contributed by atoms with van der Waals surface area (Å²) in [7, 11) is 0. The maximum absolute atomic E-state index is 13.1. The zero-order valence-electron chi connectivity index (χ0n) is 18.6. The van der Waals surface area contributed by atoms with E-state index in [9.17, 15) is 4.79 Å². The Balaban J connectivity index is 1.90. The molecule has 0 aliphatic rings. The zero-order valence-corrected chi connectivity index (χ0v) is 19.4. The number of rotatable bonds is 9. The number of carbonyl (C=O) groups is 1. The highest BCUT2D eigenvalue weighted by Crippen LogP contribution is 2.18. The molecule has 31 heavy (non-hydrogen) atoms. The number of hydrogen-bond acceptors (Lipinski definition) is 4. The SMILES string of the molecule is Cc1cc(C)cc(N=c2scc(C(=O)NC(C)c3ccccc3)n2CCCCCN)c1. The van der Waals surface area contributed by atoms with Crippen molar-refractivity contribution < 1.29 is 4.79 Å². The summed E-state index contributed by atoms with van der Waals surface area (Å²) in [6.07, 6.45) is 2.98. The van der Waals surface area contributed by atoms with Gasteiger partial charge in [0.25, 0.3) is 5.91 Å². The summed E-state index contributed by atoms with van der Waals surface area (Å²) < 4.78 is 2.05. The fraction of sp³-hybridized carbons (Fsp3) is 0.360. The molecule has 3 aromatic rings. The standard InChI is InChI=1S/C25H32N4OS/c1-18-14-19(2)16-22(15-18)28-25-29(13-9-5-8-12-26)23(17-31-25)24(30)27-20(3)21-10-6-4-7-11-21/h4,6-7,10-11,14-17,20H,5,8-9,12-13,26H2,1-3H3,(H,27,30). The first-order chi connectivity index (χ1) is 15.0. The van der Waals surface area contributed by atoms with Gasteiger partial charge in [0.2, 0.25) is 0 Å². The number of thiazole rings is 1. The molecular weight excluding hydrogens is 404 g/mol. The number of hydrogen-bond donors (Lipinski definition) is 2. The molecule has 164 valence electrons. The Hall–Kier alpha value is -2.70. The van der Waals surface area contributed by atoms with Gasteiger partial charge in [0.05, 0.1) is 11.7 Å². The second kappa shape index (κ2) is 11.1. The number of carbonyl (C=O) groups excluding carboxylic acids is 1. The summed E-state index contributed by atoms with van der Waals surface area (Å²) in [5.41, 5.74) is 10.7. The fourth-order valence-electron chi connectivity index (χ4n) is 3.63. The lowest BCUT2D eigenvalue weighted by Gasteiger charge is -2.15. The van der Waals surface area contributed by atoms with Crippen LogP contribution in [0.5, 0.6) is 0 Å². The predicted molar refractivity (Wildman–Crippen MR) is 129 cm³/mol. The molecule has 0 fully saturated rings. The van der Waals surface area contributed by atoms with Gasteiger partial charge in [-0.05, 0) is 69.0 Å². The summed E-state index contributed by atoms with van der Waals surface area (Å²) in [6.45, 7) is 7.59. The van der Waals surface area contributed by atoms with Gasteiger partial charge in [0.15, 0.2) is 4.80 Å². The molecule has 0 saturated heterocycles. The monoisotopic (exact) mass is 436 g/mol. The molecule has 1 atom stereocenters. The van der Waals surface area contributed by atoms with Crippen LogP contribution < -0.4 is 15.9 Å². The van der Waals surface area contributed by atoms with E-state index in [-0.39, 0.29) is 11.9 Å². The molecule has 0 aliphatic carbocycles. The number of nitrogens with two attached hydrogens (primary N) is 1. The number of aryl methyl sites for hydroxylation is 2. The topological polar surface area (TPSA) is 72.4 Å². The number of aromatic nitrogens is 1. The summed E-state index contributed by atoms with van der Waals surface area (Å²) in [5.74, 6) is -0.0756. The van der Waals surface area contributed by atoms with Crippen LogP contribution >= 0.6 is 11.3 Å². The summed E-state index contributed by atoms with van der Waals surface area (Å²) in [6, 6.07) is 16.2. The highest BCUT2D eigenvalue weighted by Gasteiger charge is 2.17. The molecule has 0 bridgehead atoms. The largest absolute Gasteiger partial charge is 0.344 e. The Morgan fingerprint density at radius 2 is 1.81 bits per heavy atom. The van der Waals surface area contributed by atoms with Gasteiger partial charge in [-0.2, -0.15) is 0 Å². The third-order valence-electron chi connectivity index (χ3n) is 5.19. The zero-order chi connectivity index (χ0) is 22.2. The van der Waals surface area contributed by atoms with Crippen LogP contribution in [0.1, 0.15) is 59.4 Å². The highest BCUT2D eigenvalue weighted by molar-refractivity contribution is 7.07. The summed E-state index contributed by atoms with van der Waals surface area (Å²) >= 11 is 1.51. The maximum Gasteiger partial charge on any atom is 0.269 e. The Morgan fingerprint density at radius 3 is 2.48 bits per heavy atom. The molecule has 3 N–H and O–H groups in total. The normalized spacial score (nSPS) is 12.7. The average molecular weight is 437 g/mol. The minimum absolute atomic E-state index is 0.0703. The van der Waals surface area contributed by atoms with E-state index in [1.165, 1.54) is 22.5 Å². The molecule has 1 heterocycles. The van der Waals surface area contributed by atoms with Crippen molar-refractivity contribution >= 4 is 22.9 Å². The van der Waals surface area contributed by atoms with Crippen LogP contribution in [0.3, 0.4) is 0 Å². The lowest BCUT2D eigenvalue weighted by Crippen LogP contribution is -2.31. The molecule has 0 spiro atoms. The number of amides is 1. The van der Waals surface area contributed by atoms with Crippen molar-refractivity contribution in [2.24, 2.45) is 10.7 Å². The van der Waals surface area contributed by atoms with Crippen molar-refractivity contribution in [1.29, 1.82) is 0 Å². The number of nitrogens with one attached hydrogen (secondary N) is 1. The van der Waals surface area contributed by atoms with Crippen LogP contribution in [-0.2, 0) is 6.54 Å². The van der Waals surface area contributed by atoms with E-state index >= 15 is 0 Å². The van der Waals surface area contributed by atoms with Crippen molar-refractivity contribution in [3.05, 3.63) is 81.1 Å². The molecule has 1 aromatic heterocycles. The quantitative estimate of drug-likeness (QED) is 0.462. The van der Waals surface area contributed by atoms with Crippen LogP contribution in [-0.4, -0.2) is 17.0 Å². The second-order valence-corrected chi connectivity index (χ2v) is 8.80. The van der Waals surface area contributed by atoms with Gasteiger partial charge in [0, 0.05) is 11.9 Å². The average Bonchev–Trinajstić information content (AvgIpc) is 3.13. The molecular formula is C25H32N4OS. The minimum atomic E-state index is -0.0756. The van der Waals surface area contributed by atoms with Gasteiger partial charge in [-0.3, -0.25) is 4.79 Å². The first kappa shape index (κ1) is 23.0. The van der Waals surface area contributed by atoms with E-state index in [0.29, 0.717) is 12.2 Å². The molecule has 6 heteroatoms. The highest BCUT2D eigenvalue weighted by atomic mass is 32.1. The first-order valence-electron chi connectivity index (χ1n) is 10.8. The Morgan fingerprint density at radius 1 is 1.10 bits per heavy atom. The summed E-state index contributed by atoms with van der Waals surface area (Å²) in [5, 5.41) is 5.05. The molecule has 5 nitrogen and oxygen atoms in total. The first-order valence-corrected chi connectivity index (χ1v) is 11.7. The number of nitrogens with zero attached hydrogens (tertiary/aromatic N) is 2. The lowest BCUT2D eigenvalue weighted by atomic mass is 10.1. The van der Waals surface area contributed by atoms with E-state index in [4.69, 9.17) is 10.7 Å². The predicted octanol–water partition coefficient (Wildman–Crippen LogP) is 5.02. The maximum atomic E-state index is 13.1. The van der Waals surface area contributed by atoms with Crippen LogP contribution in [0.4, 0.5) is 5.69 Å². The molecule has 0 radical (unpaired) electrons. The smallest absolute Gasteiger partial charge is 0.269 e. The van der Waals surface area contributed by atoms with Crippen molar-refractivity contribution in [1.82, 2.24) is 9.88 Å². The minimum Gasteiger partial charge on any atom is -0.344 e. The second-order valence-electron chi connectivity index (χ2n) is 7.97. The third kappa shape index (κ3) is 6.39. The van der Waals surface area contributed by atoms with Crippen LogP contribution in [0.15, 0.2) is 58.9 Å². The molecule has 1 unspecified atom stereocenters. The van der Waals surface area contributed by atoms with Gasteiger partial charge < -0.3 is 15.6 Å². The van der Waals surface area contributed by atoms with Crippen LogP contribution in [0, 0.1) is 13.8 Å². The van der Waals surface area contributed by atoms with Crippen molar-refractivity contribution in [3.63, 3.8) is 0 Å². The van der Waals surface area contributed by atoms with Crippen molar-refractivity contribution in [3.8, 4) is 0 Å². The van der Waals surface area contributed by atoms with Crippen molar-refractivity contribution in [2.45, 2.75) is 52.6 Å². The Bertz CT molecular complexity index is 1050. The van der Waals surface area contributed by atoms with Gasteiger partial charge in [-0.1, -0.05) is 42.8 Å². The Labute approximate surface area is 188 Å². The molecule has 0 aliphatic heterocycles. The van der Waals surface area contributed by atoms with Gasteiger partial charge in [-0.15, -0.1) is 11.3 Å². The van der Waals surface area contributed by atoms with Crippen molar-refractivity contribution in [2.75, 3.05) is 6.54 Å². The van der Waals surface area contributed by atoms with E-state index in [2.05, 4.69) is 37.4 Å². The molecule has 0 saturated carbocycles. The Kier molecular flexibility index (Phi) is 8.20. The van der Waals surface area contributed by atoms with Gasteiger partial charge in [0.1, 0.15) is 5.69 Å². The van der Waals surface area contributed by atoms with Gasteiger partial charge >= 0.3 is 0 Å². The third-order valence-corrected chi connectivity index (χ3v) is 6.06. The van der Waals surface area contributed by atoms with Gasteiger partial charge in [-0.25, -0.2) is 4.99 Å². The summed E-state index contributed by atoms with van der Waals surface area (Å²) in [4.78, 5) is 18.8. The molecule has 1 amide bonds. The molecule has 2 aromatic carbocycles. The van der Waals surface area contributed by atoms with E-state index in [1.54, 1.807) is 0 Å². The lowest BCUT2D eigenvalue weighted by molar-refractivity contribution is 0.0929. The van der Waals surface area contributed by atoms with E-state index in [1.807, 2.05) is 47.2 Å². The number of benzene rings is 2. The number of unbranched alkanes of at least 4 members (excludes halogenated alkanes) is 2. The van der Waals surface area contributed by atoms with E-state index < -0.39 is 0 Å². The van der Waals surface area contributed by atoms with Crippen LogP contribution in [0.2, 0.25) is 0 Å². The fourth-order valence-corrected chi connectivity index (χ4v) is 4.56. The van der Waals surface area contributed by atoms with E-state index in [0.717, 1.165) is 41.9 Å². The van der Waals surface area contributed by atoms with Crippen LogP contribution in [0.25, 0.3) is 0 Å². The molecule has 3 rings (SSSR count).